The fraction of sp³-hybridized carbons (Fsp3) is 0.269. The number of amides is 1. The topological polar surface area (TPSA) is 32.3 Å². The Bertz CT molecular complexity index is 848. The average molecular weight is 385 g/mol. The zero-order valence-electron chi connectivity index (χ0n) is 16.7. The molecule has 1 N–H and O–H groups in total. The molecule has 1 aliphatic heterocycles. The molecule has 0 bridgehead atoms. The smallest absolute Gasteiger partial charge is 0.223 e. The highest BCUT2D eigenvalue weighted by Gasteiger charge is 2.27. The standard InChI is InChI=1S/C26H28N2O/c29-26(24-16-18-28(19-17-24)20-21-10-4-1-5-11-21)27-25(22-12-6-2-7-13-22)23-14-8-3-9-15-23/h1-15,24-25H,16-20H2,(H,27,29). The molecular weight excluding hydrogens is 356 g/mol. The number of hydrogen-bond acceptors (Lipinski definition) is 2. The Morgan fingerprint density at radius 3 is 1.79 bits per heavy atom. The van der Waals surface area contributed by atoms with Crippen molar-refractivity contribution in [2.75, 3.05) is 13.1 Å². The molecule has 3 aromatic rings. The predicted octanol–water partition coefficient (Wildman–Crippen LogP) is 4.80. The van der Waals surface area contributed by atoms with Gasteiger partial charge in [0, 0.05) is 12.5 Å². The summed E-state index contributed by atoms with van der Waals surface area (Å²) >= 11 is 0. The molecule has 1 heterocycles. The van der Waals surface area contributed by atoms with Gasteiger partial charge in [0.25, 0.3) is 0 Å². The van der Waals surface area contributed by atoms with E-state index in [0.29, 0.717) is 0 Å². The van der Waals surface area contributed by atoms with Gasteiger partial charge >= 0.3 is 0 Å². The number of piperidine rings is 1. The van der Waals surface area contributed by atoms with Crippen LogP contribution in [0.2, 0.25) is 0 Å². The number of likely N-dealkylation sites (tertiary alicyclic amines) is 1. The van der Waals surface area contributed by atoms with Gasteiger partial charge in [-0.1, -0.05) is 91.0 Å². The zero-order valence-corrected chi connectivity index (χ0v) is 16.7. The van der Waals surface area contributed by atoms with Crippen molar-refractivity contribution in [3.8, 4) is 0 Å². The first-order valence-corrected chi connectivity index (χ1v) is 10.5. The van der Waals surface area contributed by atoms with Crippen LogP contribution in [0, 0.1) is 5.92 Å². The van der Waals surface area contributed by atoms with E-state index in [-0.39, 0.29) is 17.9 Å². The molecule has 0 unspecified atom stereocenters. The number of carbonyl (C=O) groups excluding carboxylic acids is 1. The van der Waals surface area contributed by atoms with E-state index in [0.717, 1.165) is 43.6 Å². The summed E-state index contributed by atoms with van der Waals surface area (Å²) in [5.41, 5.74) is 3.57. The van der Waals surface area contributed by atoms with E-state index in [1.165, 1.54) is 5.56 Å². The third-order valence-corrected chi connectivity index (χ3v) is 5.76. The van der Waals surface area contributed by atoms with Crippen molar-refractivity contribution in [2.24, 2.45) is 5.92 Å². The predicted molar refractivity (Wildman–Crippen MR) is 117 cm³/mol. The summed E-state index contributed by atoms with van der Waals surface area (Å²) in [4.78, 5) is 15.5. The maximum absolute atomic E-state index is 13.1. The number of hydrogen-bond donors (Lipinski definition) is 1. The normalized spacial score (nSPS) is 15.3. The van der Waals surface area contributed by atoms with Crippen LogP contribution in [0.15, 0.2) is 91.0 Å². The van der Waals surface area contributed by atoms with Crippen LogP contribution in [0.1, 0.15) is 35.6 Å². The van der Waals surface area contributed by atoms with E-state index in [1.54, 1.807) is 0 Å². The van der Waals surface area contributed by atoms with Gasteiger partial charge in [0.1, 0.15) is 0 Å². The first-order valence-electron chi connectivity index (χ1n) is 10.5. The monoisotopic (exact) mass is 384 g/mol. The molecule has 29 heavy (non-hydrogen) atoms. The molecule has 3 nitrogen and oxygen atoms in total. The molecule has 4 rings (SSSR count). The molecule has 1 aliphatic rings. The van der Waals surface area contributed by atoms with Crippen LogP contribution in [0.5, 0.6) is 0 Å². The van der Waals surface area contributed by atoms with E-state index in [4.69, 9.17) is 0 Å². The molecule has 0 spiro atoms. The van der Waals surface area contributed by atoms with Crippen LogP contribution >= 0.6 is 0 Å². The Balaban J connectivity index is 1.39. The number of benzene rings is 3. The minimum absolute atomic E-state index is 0.0805. The van der Waals surface area contributed by atoms with Crippen molar-refractivity contribution in [3.63, 3.8) is 0 Å². The average Bonchev–Trinajstić information content (AvgIpc) is 2.80. The molecule has 0 radical (unpaired) electrons. The first kappa shape index (κ1) is 19.4. The highest BCUT2D eigenvalue weighted by atomic mass is 16.1. The highest BCUT2D eigenvalue weighted by Crippen LogP contribution is 2.25. The number of carbonyl (C=O) groups is 1. The van der Waals surface area contributed by atoms with Crippen LogP contribution < -0.4 is 5.32 Å². The van der Waals surface area contributed by atoms with Gasteiger partial charge < -0.3 is 5.32 Å². The lowest BCUT2D eigenvalue weighted by atomic mass is 9.93. The van der Waals surface area contributed by atoms with Gasteiger partial charge in [-0.05, 0) is 42.6 Å². The van der Waals surface area contributed by atoms with Crippen molar-refractivity contribution in [1.29, 1.82) is 0 Å². The Labute approximate surface area is 173 Å². The van der Waals surface area contributed by atoms with Crippen LogP contribution in [0.25, 0.3) is 0 Å². The number of rotatable bonds is 6. The van der Waals surface area contributed by atoms with Crippen LogP contribution in [0.3, 0.4) is 0 Å². The summed E-state index contributed by atoms with van der Waals surface area (Å²) < 4.78 is 0. The van der Waals surface area contributed by atoms with Crippen LogP contribution in [0.4, 0.5) is 0 Å². The number of nitrogens with zero attached hydrogens (tertiary/aromatic N) is 1. The lowest BCUT2D eigenvalue weighted by molar-refractivity contribution is -0.127. The molecule has 1 amide bonds. The summed E-state index contributed by atoms with van der Waals surface area (Å²) in [6.45, 7) is 2.90. The maximum atomic E-state index is 13.1. The molecule has 1 fully saturated rings. The minimum Gasteiger partial charge on any atom is -0.345 e. The minimum atomic E-state index is -0.104. The molecule has 0 aliphatic carbocycles. The third kappa shape index (κ3) is 5.12. The van der Waals surface area contributed by atoms with Gasteiger partial charge in [0.2, 0.25) is 5.91 Å². The van der Waals surface area contributed by atoms with Gasteiger partial charge in [-0.25, -0.2) is 0 Å². The summed E-state index contributed by atoms with van der Waals surface area (Å²) in [6.07, 6.45) is 1.82. The van der Waals surface area contributed by atoms with Gasteiger partial charge in [-0.2, -0.15) is 0 Å². The summed E-state index contributed by atoms with van der Waals surface area (Å²) in [5, 5.41) is 3.33. The first-order chi connectivity index (χ1) is 14.3. The molecule has 0 atom stereocenters. The summed E-state index contributed by atoms with van der Waals surface area (Å²) in [6, 6.07) is 30.9. The summed E-state index contributed by atoms with van der Waals surface area (Å²) in [5.74, 6) is 0.249. The van der Waals surface area contributed by atoms with Gasteiger partial charge in [0.05, 0.1) is 6.04 Å². The second-order valence-electron chi connectivity index (χ2n) is 7.80. The largest absolute Gasteiger partial charge is 0.345 e. The SMILES string of the molecule is O=C(NC(c1ccccc1)c1ccccc1)C1CCN(Cc2ccccc2)CC1. The lowest BCUT2D eigenvalue weighted by Gasteiger charge is -2.32. The van der Waals surface area contributed by atoms with Crippen molar-refractivity contribution >= 4 is 5.91 Å². The Hall–Kier alpha value is -2.91. The van der Waals surface area contributed by atoms with Gasteiger partial charge in [0.15, 0.2) is 0 Å². The second kappa shape index (κ2) is 9.53. The van der Waals surface area contributed by atoms with Crippen LogP contribution in [-0.2, 0) is 11.3 Å². The fourth-order valence-corrected chi connectivity index (χ4v) is 4.11. The Morgan fingerprint density at radius 2 is 1.28 bits per heavy atom. The van der Waals surface area contributed by atoms with Crippen molar-refractivity contribution in [1.82, 2.24) is 10.2 Å². The van der Waals surface area contributed by atoms with E-state index < -0.39 is 0 Å². The third-order valence-electron chi connectivity index (χ3n) is 5.76. The zero-order chi connectivity index (χ0) is 19.9. The van der Waals surface area contributed by atoms with E-state index in [2.05, 4.69) is 64.8 Å². The molecule has 1 saturated heterocycles. The second-order valence-corrected chi connectivity index (χ2v) is 7.80. The molecule has 3 heteroatoms. The van der Waals surface area contributed by atoms with E-state index >= 15 is 0 Å². The molecule has 0 saturated carbocycles. The Kier molecular flexibility index (Phi) is 6.38. The van der Waals surface area contributed by atoms with Crippen LogP contribution in [-0.4, -0.2) is 23.9 Å². The fourth-order valence-electron chi connectivity index (χ4n) is 4.11. The quantitative estimate of drug-likeness (QED) is 0.662. The maximum Gasteiger partial charge on any atom is 0.223 e. The van der Waals surface area contributed by atoms with Crippen molar-refractivity contribution in [3.05, 3.63) is 108 Å². The lowest BCUT2D eigenvalue weighted by Crippen LogP contribution is -2.41. The van der Waals surface area contributed by atoms with E-state index in [9.17, 15) is 4.79 Å². The molecule has 148 valence electrons. The van der Waals surface area contributed by atoms with Gasteiger partial charge in [-0.15, -0.1) is 0 Å². The van der Waals surface area contributed by atoms with E-state index in [1.807, 2.05) is 36.4 Å². The Morgan fingerprint density at radius 1 is 0.793 bits per heavy atom. The molecular formula is C26H28N2O. The molecule has 0 aromatic heterocycles. The number of nitrogens with one attached hydrogen (secondary N) is 1. The van der Waals surface area contributed by atoms with Crippen molar-refractivity contribution in [2.45, 2.75) is 25.4 Å². The van der Waals surface area contributed by atoms with Crippen molar-refractivity contribution < 1.29 is 4.79 Å². The highest BCUT2D eigenvalue weighted by molar-refractivity contribution is 5.79. The summed E-state index contributed by atoms with van der Waals surface area (Å²) in [7, 11) is 0. The van der Waals surface area contributed by atoms with Gasteiger partial charge in [-0.3, -0.25) is 9.69 Å². The molecule has 3 aromatic carbocycles.